The Labute approximate surface area is 161 Å². The fourth-order valence-electron chi connectivity index (χ4n) is 3.87. The first-order chi connectivity index (χ1) is 13.1. The molecule has 6 heteroatoms. The number of allylic oxidation sites excluding steroid dienone is 2. The van der Waals surface area contributed by atoms with Gasteiger partial charge in [0.15, 0.2) is 0 Å². The molecule has 2 aliphatic heterocycles. The van der Waals surface area contributed by atoms with Crippen LogP contribution in [-0.4, -0.2) is 32.4 Å². The second-order valence-corrected chi connectivity index (χ2v) is 8.22. The molecular weight excluding hydrogens is 364 g/mol. The van der Waals surface area contributed by atoms with Crippen LogP contribution in [0.5, 0.6) is 0 Å². The first-order valence-electron chi connectivity index (χ1n) is 9.09. The number of rotatable bonds is 4. The van der Waals surface area contributed by atoms with Gasteiger partial charge in [-0.3, -0.25) is 0 Å². The number of aromatic nitrogens is 2. The Morgan fingerprint density at radius 1 is 1.19 bits per heavy atom. The minimum atomic E-state index is -2.49. The van der Waals surface area contributed by atoms with Gasteiger partial charge in [0.25, 0.3) is 5.92 Å². The van der Waals surface area contributed by atoms with Gasteiger partial charge >= 0.3 is 0 Å². The van der Waals surface area contributed by atoms with E-state index in [4.69, 9.17) is 0 Å². The Bertz CT molecular complexity index is 934. The molecule has 1 aliphatic carbocycles. The standard InChI is InChI=1S/C21H19F2N3S/c22-21(23)13-18(14-21)25-10-6-16(20-19(25)7-11-27-20)12-15-2-4-17(5-3-15)26-9-1-8-24-26/h1-10,18H,11-14H2. The molecule has 0 N–H and O–H groups in total. The van der Waals surface area contributed by atoms with Gasteiger partial charge in [0, 0.05) is 48.1 Å². The second-order valence-electron chi connectivity index (χ2n) is 7.19. The molecule has 3 nitrogen and oxygen atoms in total. The molecular formula is C21H19F2N3S. The molecule has 1 aromatic carbocycles. The van der Waals surface area contributed by atoms with Gasteiger partial charge in [-0.1, -0.05) is 12.1 Å². The van der Waals surface area contributed by atoms with Crippen LogP contribution in [0.4, 0.5) is 8.78 Å². The van der Waals surface area contributed by atoms with Crippen LogP contribution in [0.2, 0.25) is 0 Å². The lowest BCUT2D eigenvalue weighted by molar-refractivity contribution is -0.110. The predicted molar refractivity (Wildman–Crippen MR) is 104 cm³/mol. The van der Waals surface area contributed by atoms with E-state index < -0.39 is 5.92 Å². The molecule has 0 bridgehead atoms. The van der Waals surface area contributed by atoms with E-state index in [1.165, 1.54) is 16.0 Å². The van der Waals surface area contributed by atoms with Crippen molar-refractivity contribution in [1.29, 1.82) is 0 Å². The second kappa shape index (κ2) is 6.37. The summed E-state index contributed by atoms with van der Waals surface area (Å²) in [5.41, 5.74) is 4.64. The van der Waals surface area contributed by atoms with Crippen LogP contribution in [0.25, 0.3) is 5.69 Å². The van der Waals surface area contributed by atoms with Crippen molar-refractivity contribution in [3.8, 4) is 5.69 Å². The molecule has 0 unspecified atom stereocenters. The number of alkyl halides is 2. The van der Waals surface area contributed by atoms with Crippen molar-refractivity contribution in [3.63, 3.8) is 0 Å². The lowest BCUT2D eigenvalue weighted by Gasteiger charge is -2.44. The third-order valence-electron chi connectivity index (χ3n) is 5.30. The lowest BCUT2D eigenvalue weighted by Crippen LogP contribution is -2.48. The van der Waals surface area contributed by atoms with E-state index >= 15 is 0 Å². The minimum absolute atomic E-state index is 0.0448. The molecule has 1 saturated carbocycles. The Hall–Kier alpha value is -2.34. The highest BCUT2D eigenvalue weighted by atomic mass is 32.2. The van der Waals surface area contributed by atoms with Gasteiger partial charge in [0.1, 0.15) is 0 Å². The van der Waals surface area contributed by atoms with E-state index in [-0.39, 0.29) is 18.9 Å². The quantitative estimate of drug-likeness (QED) is 0.747. The van der Waals surface area contributed by atoms with E-state index in [9.17, 15) is 8.78 Å². The van der Waals surface area contributed by atoms with E-state index in [0.717, 1.165) is 23.6 Å². The maximum Gasteiger partial charge on any atom is 0.252 e. The number of thioether (sulfide) groups is 1. The van der Waals surface area contributed by atoms with E-state index in [1.54, 1.807) is 18.0 Å². The molecule has 27 heavy (non-hydrogen) atoms. The molecule has 0 amide bonds. The van der Waals surface area contributed by atoms with Gasteiger partial charge < -0.3 is 4.90 Å². The molecule has 5 rings (SSSR count). The van der Waals surface area contributed by atoms with Gasteiger partial charge in [-0.25, -0.2) is 13.5 Å². The molecule has 0 atom stereocenters. The largest absolute Gasteiger partial charge is 0.344 e. The molecule has 2 aromatic rings. The molecule has 0 saturated heterocycles. The Kier molecular flexibility index (Phi) is 3.97. The third kappa shape index (κ3) is 3.12. The number of hydrogen-bond donors (Lipinski definition) is 0. The zero-order chi connectivity index (χ0) is 18.4. The maximum atomic E-state index is 13.3. The average molecular weight is 383 g/mol. The predicted octanol–water partition coefficient (Wildman–Crippen LogP) is 4.93. The van der Waals surface area contributed by atoms with Gasteiger partial charge in [-0.05, 0) is 47.9 Å². The van der Waals surface area contributed by atoms with Crippen LogP contribution >= 0.6 is 11.8 Å². The Morgan fingerprint density at radius 3 is 2.70 bits per heavy atom. The highest BCUT2D eigenvalue weighted by Gasteiger charge is 2.49. The normalized spacial score (nSPS) is 21.3. The van der Waals surface area contributed by atoms with E-state index in [2.05, 4.69) is 46.4 Å². The summed E-state index contributed by atoms with van der Waals surface area (Å²) >= 11 is 1.80. The molecule has 1 aromatic heterocycles. The van der Waals surface area contributed by atoms with E-state index in [0.29, 0.717) is 0 Å². The van der Waals surface area contributed by atoms with Gasteiger partial charge in [-0.15, -0.1) is 11.8 Å². The summed E-state index contributed by atoms with van der Waals surface area (Å²) in [6.45, 7) is 0. The summed E-state index contributed by atoms with van der Waals surface area (Å²) in [6, 6.07) is 10.2. The Morgan fingerprint density at radius 2 is 2.00 bits per heavy atom. The summed E-state index contributed by atoms with van der Waals surface area (Å²) in [5, 5.41) is 4.25. The number of hydrogen-bond acceptors (Lipinski definition) is 3. The van der Waals surface area contributed by atoms with Crippen molar-refractivity contribution in [3.05, 3.63) is 82.8 Å². The van der Waals surface area contributed by atoms with Gasteiger partial charge in [0.05, 0.1) is 11.4 Å². The molecule has 3 aliphatic rings. The average Bonchev–Trinajstić information content (AvgIpc) is 3.33. The van der Waals surface area contributed by atoms with Crippen molar-refractivity contribution >= 4 is 11.8 Å². The number of benzene rings is 1. The summed E-state index contributed by atoms with van der Waals surface area (Å²) < 4.78 is 28.4. The summed E-state index contributed by atoms with van der Waals surface area (Å²) in [5.74, 6) is -1.58. The SMILES string of the molecule is FC1(F)CC(N2C=CC(Cc3ccc(-n4cccn4)cc3)=C3SCC=C32)C1. The zero-order valence-corrected chi connectivity index (χ0v) is 15.5. The minimum Gasteiger partial charge on any atom is -0.344 e. The van der Waals surface area contributed by atoms with Crippen molar-refractivity contribution < 1.29 is 8.78 Å². The monoisotopic (exact) mass is 383 g/mol. The topological polar surface area (TPSA) is 21.1 Å². The summed E-state index contributed by atoms with van der Waals surface area (Å²) in [6.07, 6.45) is 10.7. The summed E-state index contributed by atoms with van der Waals surface area (Å²) in [7, 11) is 0. The molecule has 138 valence electrons. The lowest BCUT2D eigenvalue weighted by atomic mass is 9.86. The first kappa shape index (κ1) is 16.8. The highest BCUT2D eigenvalue weighted by Crippen LogP contribution is 2.47. The third-order valence-corrected chi connectivity index (χ3v) is 6.40. The number of nitrogens with zero attached hydrogens (tertiary/aromatic N) is 3. The van der Waals surface area contributed by atoms with Crippen LogP contribution in [0.1, 0.15) is 18.4 Å². The van der Waals surface area contributed by atoms with Crippen LogP contribution in [0.15, 0.2) is 77.3 Å². The Balaban J connectivity index is 1.34. The van der Waals surface area contributed by atoms with Gasteiger partial charge in [-0.2, -0.15) is 5.10 Å². The van der Waals surface area contributed by atoms with Crippen LogP contribution in [0, 0.1) is 0 Å². The van der Waals surface area contributed by atoms with Crippen molar-refractivity contribution in [1.82, 2.24) is 14.7 Å². The fraction of sp³-hybridized carbons (Fsp3) is 0.286. The molecule has 0 spiro atoms. The molecule has 3 heterocycles. The van der Waals surface area contributed by atoms with Crippen LogP contribution in [0.3, 0.4) is 0 Å². The number of halogens is 2. The maximum absolute atomic E-state index is 13.3. The van der Waals surface area contributed by atoms with Crippen LogP contribution < -0.4 is 0 Å². The van der Waals surface area contributed by atoms with Crippen molar-refractivity contribution in [2.75, 3.05) is 5.75 Å². The molecule has 1 fully saturated rings. The van der Waals surface area contributed by atoms with Crippen molar-refractivity contribution in [2.45, 2.75) is 31.2 Å². The summed E-state index contributed by atoms with van der Waals surface area (Å²) in [4.78, 5) is 3.29. The van der Waals surface area contributed by atoms with Crippen LogP contribution in [-0.2, 0) is 6.42 Å². The smallest absolute Gasteiger partial charge is 0.252 e. The molecule has 0 radical (unpaired) electrons. The first-order valence-corrected chi connectivity index (χ1v) is 10.1. The fourth-order valence-corrected chi connectivity index (χ4v) is 4.94. The zero-order valence-electron chi connectivity index (χ0n) is 14.7. The number of fused-ring (bicyclic) bond motifs is 1. The van der Waals surface area contributed by atoms with Gasteiger partial charge in [0.2, 0.25) is 0 Å². The van der Waals surface area contributed by atoms with E-state index in [1.807, 2.05) is 23.1 Å². The highest BCUT2D eigenvalue weighted by molar-refractivity contribution is 8.03. The van der Waals surface area contributed by atoms with Crippen molar-refractivity contribution in [2.24, 2.45) is 0 Å².